The highest BCUT2D eigenvalue weighted by Gasteiger charge is 2.34. The number of hydrogen-bond donors (Lipinski definition) is 1. The Morgan fingerprint density at radius 1 is 1.11 bits per heavy atom. The second kappa shape index (κ2) is 7.98. The molecule has 2 atom stereocenters. The summed E-state index contributed by atoms with van der Waals surface area (Å²) in [5.74, 6) is 0.0432. The third-order valence-corrected chi connectivity index (χ3v) is 5.80. The maximum Gasteiger partial charge on any atom is 0.228 e. The Balaban J connectivity index is 1.37. The number of rotatable bonds is 5. The maximum absolute atomic E-state index is 12.7. The lowest BCUT2D eigenvalue weighted by Gasteiger charge is -2.15. The van der Waals surface area contributed by atoms with E-state index in [2.05, 4.69) is 9.97 Å². The molecule has 1 fully saturated rings. The van der Waals surface area contributed by atoms with Crippen molar-refractivity contribution in [2.75, 3.05) is 13.1 Å². The number of amides is 1. The van der Waals surface area contributed by atoms with E-state index < -0.39 is 6.10 Å². The van der Waals surface area contributed by atoms with Crippen LogP contribution in [0.15, 0.2) is 60.1 Å². The first-order chi connectivity index (χ1) is 13.2. The van der Waals surface area contributed by atoms with E-state index in [-0.39, 0.29) is 18.2 Å². The molecule has 3 heterocycles. The van der Waals surface area contributed by atoms with E-state index >= 15 is 0 Å². The van der Waals surface area contributed by atoms with Crippen LogP contribution in [0.1, 0.15) is 11.4 Å². The van der Waals surface area contributed by atoms with Crippen molar-refractivity contribution < 1.29 is 9.90 Å². The van der Waals surface area contributed by atoms with E-state index in [4.69, 9.17) is 0 Å². The minimum atomic E-state index is -0.508. The molecular weight excluding hydrogens is 358 g/mol. The maximum atomic E-state index is 12.7. The van der Waals surface area contributed by atoms with Gasteiger partial charge >= 0.3 is 0 Å². The molecule has 27 heavy (non-hydrogen) atoms. The van der Waals surface area contributed by atoms with Crippen LogP contribution >= 0.6 is 11.3 Å². The fourth-order valence-electron chi connectivity index (χ4n) is 3.41. The number of pyridine rings is 1. The van der Waals surface area contributed by atoms with Gasteiger partial charge in [-0.25, -0.2) is 4.98 Å². The Morgan fingerprint density at radius 2 is 1.93 bits per heavy atom. The minimum absolute atomic E-state index is 0.0162. The van der Waals surface area contributed by atoms with Crippen LogP contribution in [0, 0.1) is 5.92 Å². The fraction of sp³-hybridized carbons (Fsp3) is 0.286. The van der Waals surface area contributed by atoms with Crippen LogP contribution in [0.5, 0.6) is 0 Å². The third kappa shape index (κ3) is 4.23. The fourth-order valence-corrected chi connectivity index (χ4v) is 4.24. The summed E-state index contributed by atoms with van der Waals surface area (Å²) in [6.45, 7) is 0.943. The number of thiazole rings is 1. The molecule has 6 heteroatoms. The van der Waals surface area contributed by atoms with E-state index in [9.17, 15) is 9.90 Å². The van der Waals surface area contributed by atoms with Crippen LogP contribution in [-0.4, -0.2) is 45.1 Å². The summed E-state index contributed by atoms with van der Waals surface area (Å²) in [5.41, 5.74) is 2.79. The van der Waals surface area contributed by atoms with Crippen LogP contribution in [0.2, 0.25) is 0 Å². The second-order valence-corrected chi connectivity index (χ2v) is 7.70. The molecule has 1 N–H and O–H groups in total. The van der Waals surface area contributed by atoms with E-state index in [0.717, 1.165) is 22.0 Å². The Hall–Kier alpha value is -2.57. The van der Waals surface area contributed by atoms with Crippen molar-refractivity contribution in [3.63, 3.8) is 0 Å². The lowest BCUT2D eigenvalue weighted by Crippen LogP contribution is -2.31. The number of aliphatic hydroxyl groups excluding tert-OH is 1. The first-order valence-corrected chi connectivity index (χ1v) is 9.92. The second-order valence-electron chi connectivity index (χ2n) is 6.84. The highest BCUT2D eigenvalue weighted by Crippen LogP contribution is 2.25. The van der Waals surface area contributed by atoms with Crippen LogP contribution in [0.4, 0.5) is 0 Å². The Labute approximate surface area is 162 Å². The molecule has 0 saturated carbocycles. The van der Waals surface area contributed by atoms with Gasteiger partial charge in [0.05, 0.1) is 18.2 Å². The van der Waals surface area contributed by atoms with Gasteiger partial charge in [0.25, 0.3) is 0 Å². The topological polar surface area (TPSA) is 66.3 Å². The first-order valence-electron chi connectivity index (χ1n) is 9.04. The van der Waals surface area contributed by atoms with Crippen LogP contribution in [0.3, 0.4) is 0 Å². The highest BCUT2D eigenvalue weighted by molar-refractivity contribution is 7.13. The summed E-state index contributed by atoms with van der Waals surface area (Å²) in [5, 5.41) is 13.2. The largest absolute Gasteiger partial charge is 0.391 e. The van der Waals surface area contributed by atoms with E-state index in [1.54, 1.807) is 22.4 Å². The molecule has 0 unspecified atom stereocenters. The van der Waals surface area contributed by atoms with Crippen molar-refractivity contribution in [3.05, 3.63) is 71.5 Å². The zero-order valence-electron chi connectivity index (χ0n) is 14.9. The molecule has 138 valence electrons. The van der Waals surface area contributed by atoms with Crippen molar-refractivity contribution in [1.29, 1.82) is 0 Å². The summed E-state index contributed by atoms with van der Waals surface area (Å²) in [6.07, 6.45) is 2.20. The predicted octanol–water partition coefficient (Wildman–Crippen LogP) is 2.81. The summed E-state index contributed by atoms with van der Waals surface area (Å²) in [4.78, 5) is 23.3. The van der Waals surface area contributed by atoms with Crippen LogP contribution in [0.25, 0.3) is 10.6 Å². The predicted molar refractivity (Wildman–Crippen MR) is 105 cm³/mol. The van der Waals surface area contributed by atoms with Crippen LogP contribution in [-0.2, 0) is 17.6 Å². The van der Waals surface area contributed by atoms with Gasteiger partial charge in [-0.05, 0) is 18.6 Å². The van der Waals surface area contributed by atoms with Crippen LogP contribution < -0.4 is 0 Å². The quantitative estimate of drug-likeness (QED) is 0.740. The zero-order valence-corrected chi connectivity index (χ0v) is 15.7. The van der Waals surface area contributed by atoms with Crippen molar-refractivity contribution in [2.24, 2.45) is 5.92 Å². The molecule has 1 aromatic carbocycles. The standard InChI is InChI=1S/C21H21N3O2S/c25-19-13-24(12-16(19)10-17-8-4-5-9-22-17)20(26)11-18-14-27-21(23-18)15-6-2-1-3-7-15/h1-9,14,16,19,25H,10-13H2/t16-,19-/m1/s1. The molecule has 1 amide bonds. The third-order valence-electron chi connectivity index (χ3n) is 4.86. The number of aromatic nitrogens is 2. The van der Waals surface area contributed by atoms with Gasteiger partial charge in [0.2, 0.25) is 5.91 Å². The monoisotopic (exact) mass is 379 g/mol. The Morgan fingerprint density at radius 3 is 2.70 bits per heavy atom. The summed E-state index contributed by atoms with van der Waals surface area (Å²) < 4.78 is 0. The van der Waals surface area contributed by atoms with Gasteiger partial charge in [0, 0.05) is 41.8 Å². The molecule has 0 aliphatic carbocycles. The zero-order chi connectivity index (χ0) is 18.6. The molecule has 3 aromatic rings. The molecule has 0 radical (unpaired) electrons. The van der Waals surface area contributed by atoms with Crippen molar-refractivity contribution >= 4 is 17.2 Å². The number of carbonyl (C=O) groups is 1. The van der Waals surface area contributed by atoms with Gasteiger partial charge in [0.15, 0.2) is 0 Å². The molecular formula is C21H21N3O2S. The van der Waals surface area contributed by atoms with Gasteiger partial charge in [0.1, 0.15) is 5.01 Å². The van der Waals surface area contributed by atoms with Crippen molar-refractivity contribution in [1.82, 2.24) is 14.9 Å². The molecule has 4 rings (SSSR count). The number of likely N-dealkylation sites (tertiary alicyclic amines) is 1. The molecule has 1 aliphatic heterocycles. The molecule has 0 spiro atoms. The van der Waals surface area contributed by atoms with Gasteiger partial charge < -0.3 is 10.0 Å². The summed E-state index contributed by atoms with van der Waals surface area (Å²) in [7, 11) is 0. The van der Waals surface area contributed by atoms with E-state index in [0.29, 0.717) is 19.5 Å². The highest BCUT2D eigenvalue weighted by atomic mass is 32.1. The number of nitrogens with zero attached hydrogens (tertiary/aromatic N) is 3. The van der Waals surface area contributed by atoms with Gasteiger partial charge in [-0.3, -0.25) is 9.78 Å². The molecule has 5 nitrogen and oxygen atoms in total. The molecule has 1 saturated heterocycles. The first kappa shape index (κ1) is 17.8. The van der Waals surface area contributed by atoms with Crippen molar-refractivity contribution in [2.45, 2.75) is 18.9 Å². The minimum Gasteiger partial charge on any atom is -0.391 e. The van der Waals surface area contributed by atoms with Gasteiger partial charge in [-0.1, -0.05) is 36.4 Å². The average Bonchev–Trinajstić information content (AvgIpc) is 3.30. The molecule has 2 aromatic heterocycles. The van der Waals surface area contributed by atoms with Gasteiger partial charge in [-0.15, -0.1) is 11.3 Å². The smallest absolute Gasteiger partial charge is 0.228 e. The normalized spacial score (nSPS) is 19.4. The van der Waals surface area contributed by atoms with E-state index in [1.165, 1.54) is 0 Å². The SMILES string of the molecule is O=C(Cc1csc(-c2ccccc2)n1)N1C[C@@H](Cc2ccccn2)[C@H](O)C1. The number of β-amino-alcohol motifs (C(OH)–C–C–N with tert-alkyl or cyclic N) is 1. The Kier molecular flexibility index (Phi) is 5.27. The van der Waals surface area contributed by atoms with Gasteiger partial charge in [-0.2, -0.15) is 0 Å². The number of carbonyl (C=O) groups excluding carboxylic acids is 1. The number of benzene rings is 1. The number of hydrogen-bond acceptors (Lipinski definition) is 5. The lowest BCUT2D eigenvalue weighted by atomic mass is 10.00. The lowest BCUT2D eigenvalue weighted by molar-refractivity contribution is -0.129. The Bertz CT molecular complexity index is 898. The van der Waals surface area contributed by atoms with Crippen molar-refractivity contribution in [3.8, 4) is 10.6 Å². The summed E-state index contributed by atoms with van der Waals surface area (Å²) in [6, 6.07) is 15.7. The molecule has 1 aliphatic rings. The summed E-state index contributed by atoms with van der Waals surface area (Å²) >= 11 is 1.55. The van der Waals surface area contributed by atoms with E-state index in [1.807, 2.05) is 53.9 Å². The average molecular weight is 379 g/mol. The number of aliphatic hydroxyl groups is 1. The molecule has 0 bridgehead atoms.